The number of nitriles is 1. The summed E-state index contributed by atoms with van der Waals surface area (Å²) in [7, 11) is 0. The van der Waals surface area contributed by atoms with Crippen LogP contribution in [-0.2, 0) is 38.9 Å². The van der Waals surface area contributed by atoms with Gasteiger partial charge in [0.25, 0.3) is 0 Å². The SMILES string of the molecule is C=CCCC(=O)O[C@H]1[C@@H](OC(=O)CCC=C)[C@](C#N)(c2ccc3c(N)ncnn23)O[C@@H]1COC(=O)OC(C)C. The zero-order valence-electron chi connectivity index (χ0n) is 21.8. The number of carbonyl (C=O) groups excluding carboxylic acids is 3. The monoisotopic (exact) mass is 541 g/mol. The number of anilines is 1. The molecule has 13 nitrogen and oxygen atoms in total. The van der Waals surface area contributed by atoms with E-state index in [1.807, 2.05) is 0 Å². The molecule has 2 N–H and O–H groups in total. The van der Waals surface area contributed by atoms with Crippen molar-refractivity contribution in [2.45, 2.75) is 69.5 Å². The summed E-state index contributed by atoms with van der Waals surface area (Å²) < 4.78 is 29.1. The molecule has 1 saturated heterocycles. The minimum atomic E-state index is -2.05. The van der Waals surface area contributed by atoms with E-state index < -0.39 is 54.7 Å². The first-order valence-corrected chi connectivity index (χ1v) is 12.3. The molecule has 13 heteroatoms. The molecule has 1 aliphatic heterocycles. The van der Waals surface area contributed by atoms with Gasteiger partial charge in [0, 0.05) is 12.8 Å². The van der Waals surface area contributed by atoms with E-state index in [-0.39, 0.29) is 24.4 Å². The normalized spacial score (nSPS) is 22.2. The molecule has 39 heavy (non-hydrogen) atoms. The number of allylic oxidation sites excluding steroid dienone is 2. The fourth-order valence-corrected chi connectivity index (χ4v) is 4.03. The second kappa shape index (κ2) is 12.9. The minimum Gasteiger partial charge on any atom is -0.455 e. The summed E-state index contributed by atoms with van der Waals surface area (Å²) >= 11 is 0. The lowest BCUT2D eigenvalue weighted by atomic mass is 9.92. The molecule has 3 heterocycles. The topological polar surface area (TPSA) is 177 Å². The molecule has 2 aromatic heterocycles. The Morgan fingerprint density at radius 2 is 1.87 bits per heavy atom. The number of aromatic nitrogens is 3. The highest BCUT2D eigenvalue weighted by molar-refractivity contribution is 5.72. The summed E-state index contributed by atoms with van der Waals surface area (Å²) in [6.45, 7) is 9.99. The minimum absolute atomic E-state index is 0.0303. The third-order valence-corrected chi connectivity index (χ3v) is 5.76. The van der Waals surface area contributed by atoms with Gasteiger partial charge in [0.2, 0.25) is 5.60 Å². The van der Waals surface area contributed by atoms with Crippen LogP contribution in [0.1, 0.15) is 45.2 Å². The van der Waals surface area contributed by atoms with Gasteiger partial charge in [0.1, 0.15) is 30.6 Å². The van der Waals surface area contributed by atoms with Crippen molar-refractivity contribution in [2.75, 3.05) is 12.3 Å². The number of esters is 2. The van der Waals surface area contributed by atoms with Crippen LogP contribution in [0, 0.1) is 11.3 Å². The van der Waals surface area contributed by atoms with Crippen molar-refractivity contribution in [2.24, 2.45) is 0 Å². The molecule has 208 valence electrons. The predicted molar refractivity (Wildman–Crippen MR) is 136 cm³/mol. The number of rotatable bonds is 12. The molecule has 0 aromatic carbocycles. The molecule has 4 atom stereocenters. The first-order chi connectivity index (χ1) is 18.7. The average molecular weight is 542 g/mol. The van der Waals surface area contributed by atoms with E-state index in [0.29, 0.717) is 18.4 Å². The molecule has 0 aliphatic carbocycles. The van der Waals surface area contributed by atoms with Gasteiger partial charge in [-0.3, -0.25) is 9.59 Å². The van der Waals surface area contributed by atoms with Crippen molar-refractivity contribution < 1.29 is 38.1 Å². The molecule has 0 spiro atoms. The number of hydrogen-bond acceptors (Lipinski definition) is 12. The molecular formula is C26H31N5O8. The van der Waals surface area contributed by atoms with Crippen LogP contribution in [0.15, 0.2) is 43.8 Å². The van der Waals surface area contributed by atoms with Gasteiger partial charge in [-0.25, -0.2) is 14.3 Å². The Bertz CT molecular complexity index is 1270. The smallest absolute Gasteiger partial charge is 0.455 e. The maximum absolute atomic E-state index is 12.8. The van der Waals surface area contributed by atoms with E-state index in [0.717, 1.165) is 0 Å². The second-order valence-electron chi connectivity index (χ2n) is 8.91. The summed E-state index contributed by atoms with van der Waals surface area (Å²) in [6, 6.07) is 5.16. The lowest BCUT2D eigenvalue weighted by Gasteiger charge is -2.28. The number of carbonyl (C=O) groups is 3. The van der Waals surface area contributed by atoms with Gasteiger partial charge in [-0.2, -0.15) is 10.4 Å². The fraction of sp³-hybridized carbons (Fsp3) is 0.462. The highest BCUT2D eigenvalue weighted by Crippen LogP contribution is 2.44. The van der Waals surface area contributed by atoms with Crippen molar-refractivity contribution in [3.8, 4) is 6.07 Å². The zero-order valence-corrected chi connectivity index (χ0v) is 21.8. The second-order valence-corrected chi connectivity index (χ2v) is 8.91. The number of ether oxygens (including phenoxy) is 5. The van der Waals surface area contributed by atoms with E-state index in [1.54, 1.807) is 19.9 Å². The summed E-state index contributed by atoms with van der Waals surface area (Å²) in [5.41, 5.74) is 4.42. The number of nitrogens with two attached hydrogens (primary N) is 1. The van der Waals surface area contributed by atoms with Crippen LogP contribution < -0.4 is 5.73 Å². The number of nitrogens with zero attached hydrogens (tertiary/aromatic N) is 4. The van der Waals surface area contributed by atoms with Crippen LogP contribution in [0.4, 0.5) is 10.6 Å². The van der Waals surface area contributed by atoms with Crippen LogP contribution >= 0.6 is 0 Å². The molecule has 0 saturated carbocycles. The van der Waals surface area contributed by atoms with Crippen LogP contribution in [0.2, 0.25) is 0 Å². The first-order valence-electron chi connectivity index (χ1n) is 12.3. The summed E-state index contributed by atoms with van der Waals surface area (Å²) in [5, 5.41) is 14.7. The zero-order chi connectivity index (χ0) is 28.6. The third-order valence-electron chi connectivity index (χ3n) is 5.76. The number of fused-ring (bicyclic) bond motifs is 1. The molecule has 3 rings (SSSR count). The Labute approximate surface area is 225 Å². The van der Waals surface area contributed by atoms with Gasteiger partial charge in [-0.05, 0) is 38.8 Å². The molecule has 1 fully saturated rings. The lowest BCUT2D eigenvalue weighted by molar-refractivity contribution is -0.169. The maximum Gasteiger partial charge on any atom is 0.508 e. The quantitative estimate of drug-likeness (QED) is 0.236. The van der Waals surface area contributed by atoms with Crippen molar-refractivity contribution in [3.63, 3.8) is 0 Å². The third kappa shape index (κ3) is 6.53. The fourth-order valence-electron chi connectivity index (χ4n) is 4.03. The van der Waals surface area contributed by atoms with Crippen LogP contribution in [0.5, 0.6) is 0 Å². The molecule has 0 amide bonds. The predicted octanol–water partition coefficient (Wildman–Crippen LogP) is 2.75. The molecule has 0 radical (unpaired) electrons. The first kappa shape index (κ1) is 29.1. The van der Waals surface area contributed by atoms with Gasteiger partial charge < -0.3 is 29.4 Å². The Morgan fingerprint density at radius 1 is 1.21 bits per heavy atom. The standard InChI is InChI=1S/C26H31N5O8/c1-5-7-9-20(32)37-22-18(13-35-25(34)36-16(3)4)39-26(14-27,23(22)38-21(33)10-8-6-2)19-12-11-17-24(28)29-15-30-31(17)19/h5-6,11-12,15-16,18,22-23H,1-2,7-10,13H2,3-4H3,(H2,28,29,30)/t18-,22-,23-,26+/m1/s1. The van der Waals surface area contributed by atoms with E-state index in [4.69, 9.17) is 29.4 Å². The Kier molecular flexibility index (Phi) is 9.62. The van der Waals surface area contributed by atoms with Gasteiger partial charge in [-0.1, -0.05) is 12.2 Å². The Hall–Kier alpha value is -4.44. The summed E-state index contributed by atoms with van der Waals surface area (Å²) in [6.07, 6.45) is -0.680. The molecular weight excluding hydrogens is 510 g/mol. The van der Waals surface area contributed by atoms with Gasteiger partial charge in [-0.15, -0.1) is 13.2 Å². The summed E-state index contributed by atoms with van der Waals surface area (Å²) in [4.78, 5) is 41.6. The average Bonchev–Trinajstić information content (AvgIpc) is 3.46. The molecule has 1 aliphatic rings. The van der Waals surface area contributed by atoms with E-state index >= 15 is 0 Å². The van der Waals surface area contributed by atoms with Crippen LogP contribution in [0.25, 0.3) is 5.52 Å². The van der Waals surface area contributed by atoms with Crippen molar-refractivity contribution >= 4 is 29.4 Å². The molecule has 0 bridgehead atoms. The van der Waals surface area contributed by atoms with Crippen molar-refractivity contribution in [1.29, 1.82) is 5.26 Å². The van der Waals surface area contributed by atoms with E-state index in [1.165, 1.54) is 29.1 Å². The summed E-state index contributed by atoms with van der Waals surface area (Å²) in [5.74, 6) is -1.22. The largest absolute Gasteiger partial charge is 0.508 e. The van der Waals surface area contributed by atoms with E-state index in [2.05, 4.69) is 29.3 Å². The highest BCUT2D eigenvalue weighted by Gasteiger charge is 2.62. The lowest BCUT2D eigenvalue weighted by Crippen LogP contribution is -2.46. The van der Waals surface area contributed by atoms with Crippen LogP contribution in [0.3, 0.4) is 0 Å². The van der Waals surface area contributed by atoms with Gasteiger partial charge in [0.15, 0.2) is 18.0 Å². The Morgan fingerprint density at radius 3 is 2.49 bits per heavy atom. The number of nitrogen functional groups attached to an aromatic ring is 1. The van der Waals surface area contributed by atoms with Gasteiger partial charge in [0.05, 0.1) is 11.8 Å². The Balaban J connectivity index is 2.09. The highest BCUT2D eigenvalue weighted by atomic mass is 16.7. The number of hydrogen-bond donors (Lipinski definition) is 1. The van der Waals surface area contributed by atoms with Crippen LogP contribution in [-0.4, -0.2) is 63.7 Å². The molecule has 2 aromatic rings. The maximum atomic E-state index is 12.8. The molecule has 0 unspecified atom stereocenters. The van der Waals surface area contributed by atoms with Crippen molar-refractivity contribution in [3.05, 3.63) is 49.5 Å². The van der Waals surface area contributed by atoms with Gasteiger partial charge >= 0.3 is 18.1 Å². The van der Waals surface area contributed by atoms with Crippen molar-refractivity contribution in [1.82, 2.24) is 14.6 Å². The van der Waals surface area contributed by atoms with E-state index in [9.17, 15) is 19.6 Å².